The molecule has 1 saturated heterocycles. The smallest absolute Gasteiger partial charge is 0.140 e. The Morgan fingerprint density at radius 2 is 2.29 bits per heavy atom. The molecule has 0 bridgehead atoms. The van der Waals surface area contributed by atoms with E-state index in [1.165, 1.54) is 5.56 Å². The van der Waals surface area contributed by atoms with Crippen LogP contribution in [0.3, 0.4) is 0 Å². The van der Waals surface area contributed by atoms with Crippen molar-refractivity contribution in [2.24, 2.45) is 0 Å². The third kappa shape index (κ3) is 3.19. The average Bonchev–Trinajstić information content (AvgIpc) is 2.23. The van der Waals surface area contributed by atoms with Crippen molar-refractivity contribution in [1.29, 1.82) is 0 Å². The van der Waals surface area contributed by atoms with E-state index in [1.54, 1.807) is 0 Å². The molecule has 1 unspecified atom stereocenters. The predicted molar refractivity (Wildman–Crippen MR) is 73.3 cm³/mol. The zero-order valence-electron chi connectivity index (χ0n) is 10.6. The van der Waals surface area contributed by atoms with Gasteiger partial charge in [-0.15, -0.1) is 0 Å². The van der Waals surface area contributed by atoms with Gasteiger partial charge in [0.05, 0.1) is 10.1 Å². The number of aryl methyl sites for hydroxylation is 1. The van der Waals surface area contributed by atoms with Gasteiger partial charge < -0.3 is 10.1 Å². The zero-order valence-corrected chi connectivity index (χ0v) is 12.2. The van der Waals surface area contributed by atoms with Crippen LogP contribution in [0.4, 0.5) is 5.82 Å². The van der Waals surface area contributed by atoms with Crippen LogP contribution in [0.15, 0.2) is 16.7 Å². The second-order valence-corrected chi connectivity index (χ2v) is 6.03. The first kappa shape index (κ1) is 12.8. The molecule has 1 N–H and O–H groups in total. The van der Waals surface area contributed by atoms with Crippen molar-refractivity contribution in [2.45, 2.75) is 45.3 Å². The van der Waals surface area contributed by atoms with E-state index >= 15 is 0 Å². The van der Waals surface area contributed by atoms with Crippen LogP contribution in [0.5, 0.6) is 0 Å². The molecule has 1 atom stereocenters. The number of halogens is 1. The van der Waals surface area contributed by atoms with E-state index < -0.39 is 0 Å². The van der Waals surface area contributed by atoms with Crippen LogP contribution in [-0.4, -0.2) is 23.2 Å². The molecule has 1 aliphatic rings. The first-order valence-electron chi connectivity index (χ1n) is 5.99. The summed E-state index contributed by atoms with van der Waals surface area (Å²) in [6, 6.07) is 2.44. The Morgan fingerprint density at radius 1 is 1.53 bits per heavy atom. The number of nitrogens with one attached hydrogen (secondary N) is 1. The minimum atomic E-state index is -0.0355. The highest BCUT2D eigenvalue weighted by atomic mass is 79.9. The van der Waals surface area contributed by atoms with E-state index in [2.05, 4.69) is 47.0 Å². The standard InChI is InChI=1S/C13H19BrN2O/c1-9-4-6-15-12(11(9)14)16-10-5-7-17-13(2,3)8-10/h4,6,10H,5,7-8H2,1-3H3,(H,15,16). The number of aromatic nitrogens is 1. The summed E-state index contributed by atoms with van der Waals surface area (Å²) in [5.41, 5.74) is 1.17. The van der Waals surface area contributed by atoms with Gasteiger partial charge in [-0.2, -0.15) is 0 Å². The molecule has 94 valence electrons. The van der Waals surface area contributed by atoms with Crippen LogP contribution in [0, 0.1) is 6.92 Å². The Bertz CT molecular complexity index is 406. The van der Waals surface area contributed by atoms with Gasteiger partial charge in [0.15, 0.2) is 0 Å². The van der Waals surface area contributed by atoms with E-state index in [0.29, 0.717) is 6.04 Å². The molecule has 2 rings (SSSR count). The number of hydrogen-bond donors (Lipinski definition) is 1. The van der Waals surface area contributed by atoms with Crippen molar-refractivity contribution in [3.05, 3.63) is 22.3 Å². The number of ether oxygens (including phenoxy) is 1. The lowest BCUT2D eigenvalue weighted by molar-refractivity contribution is -0.0553. The molecular formula is C13H19BrN2O. The second-order valence-electron chi connectivity index (χ2n) is 5.23. The summed E-state index contributed by atoms with van der Waals surface area (Å²) in [6.07, 6.45) is 3.88. The Morgan fingerprint density at radius 3 is 3.00 bits per heavy atom. The van der Waals surface area contributed by atoms with Crippen LogP contribution in [0.2, 0.25) is 0 Å². The summed E-state index contributed by atoms with van der Waals surface area (Å²) < 4.78 is 6.77. The monoisotopic (exact) mass is 298 g/mol. The van der Waals surface area contributed by atoms with Gasteiger partial charge in [-0.25, -0.2) is 4.98 Å². The molecule has 1 aromatic heterocycles. The Balaban J connectivity index is 2.08. The van der Waals surface area contributed by atoms with Crippen LogP contribution in [0.25, 0.3) is 0 Å². The van der Waals surface area contributed by atoms with Crippen LogP contribution >= 0.6 is 15.9 Å². The van der Waals surface area contributed by atoms with Crippen molar-refractivity contribution in [3.8, 4) is 0 Å². The van der Waals surface area contributed by atoms with Crippen molar-refractivity contribution in [2.75, 3.05) is 11.9 Å². The Labute approximate surface area is 111 Å². The fourth-order valence-electron chi connectivity index (χ4n) is 2.19. The van der Waals surface area contributed by atoms with Gasteiger partial charge in [-0.3, -0.25) is 0 Å². The highest BCUT2D eigenvalue weighted by molar-refractivity contribution is 9.10. The van der Waals surface area contributed by atoms with Crippen LogP contribution < -0.4 is 5.32 Å². The van der Waals surface area contributed by atoms with Crippen LogP contribution in [0.1, 0.15) is 32.3 Å². The molecular weight excluding hydrogens is 280 g/mol. The number of rotatable bonds is 2. The third-order valence-corrected chi connectivity index (χ3v) is 4.12. The van der Waals surface area contributed by atoms with Crippen molar-refractivity contribution >= 4 is 21.7 Å². The van der Waals surface area contributed by atoms with E-state index in [9.17, 15) is 0 Å². The van der Waals surface area contributed by atoms with Crippen molar-refractivity contribution < 1.29 is 4.74 Å². The fraction of sp³-hybridized carbons (Fsp3) is 0.615. The molecule has 0 aromatic carbocycles. The van der Waals surface area contributed by atoms with Gasteiger partial charge in [-0.05, 0) is 61.2 Å². The SMILES string of the molecule is Cc1ccnc(NC2CCOC(C)(C)C2)c1Br. The molecule has 0 radical (unpaired) electrons. The molecule has 17 heavy (non-hydrogen) atoms. The van der Waals surface area contributed by atoms with Crippen LogP contribution in [-0.2, 0) is 4.74 Å². The highest BCUT2D eigenvalue weighted by Crippen LogP contribution is 2.29. The van der Waals surface area contributed by atoms with E-state index in [0.717, 1.165) is 29.7 Å². The third-order valence-electron chi connectivity index (χ3n) is 3.12. The lowest BCUT2D eigenvalue weighted by Crippen LogP contribution is -2.40. The Kier molecular flexibility index (Phi) is 3.73. The fourth-order valence-corrected chi connectivity index (χ4v) is 2.54. The quantitative estimate of drug-likeness (QED) is 0.907. The molecule has 3 nitrogen and oxygen atoms in total. The lowest BCUT2D eigenvalue weighted by atomic mass is 9.94. The second kappa shape index (κ2) is 4.94. The maximum atomic E-state index is 5.72. The van der Waals surface area contributed by atoms with Gasteiger partial charge in [0.1, 0.15) is 5.82 Å². The first-order valence-corrected chi connectivity index (χ1v) is 6.79. The van der Waals surface area contributed by atoms with Gasteiger partial charge >= 0.3 is 0 Å². The predicted octanol–water partition coefficient (Wildman–Crippen LogP) is 3.52. The molecule has 0 spiro atoms. The maximum Gasteiger partial charge on any atom is 0.140 e. The summed E-state index contributed by atoms with van der Waals surface area (Å²) in [7, 11) is 0. The number of anilines is 1. The molecule has 1 aliphatic heterocycles. The Hall–Kier alpha value is -0.610. The average molecular weight is 299 g/mol. The summed E-state index contributed by atoms with van der Waals surface area (Å²) in [6.45, 7) is 7.16. The highest BCUT2D eigenvalue weighted by Gasteiger charge is 2.29. The van der Waals surface area contributed by atoms with E-state index in [1.807, 2.05) is 12.3 Å². The number of hydrogen-bond acceptors (Lipinski definition) is 3. The van der Waals surface area contributed by atoms with Gasteiger partial charge in [0, 0.05) is 18.8 Å². The molecule has 2 heterocycles. The molecule has 4 heteroatoms. The van der Waals surface area contributed by atoms with Gasteiger partial charge in [0.25, 0.3) is 0 Å². The molecule has 0 saturated carbocycles. The van der Waals surface area contributed by atoms with Crippen molar-refractivity contribution in [1.82, 2.24) is 4.98 Å². The first-order chi connectivity index (χ1) is 7.98. The summed E-state index contributed by atoms with van der Waals surface area (Å²) in [5, 5.41) is 3.51. The van der Waals surface area contributed by atoms with E-state index in [-0.39, 0.29) is 5.60 Å². The molecule has 0 amide bonds. The topological polar surface area (TPSA) is 34.2 Å². The van der Waals surface area contributed by atoms with Gasteiger partial charge in [0.2, 0.25) is 0 Å². The molecule has 1 fully saturated rings. The minimum absolute atomic E-state index is 0.0355. The van der Waals surface area contributed by atoms with E-state index in [4.69, 9.17) is 4.74 Å². The zero-order chi connectivity index (χ0) is 12.5. The maximum absolute atomic E-state index is 5.72. The van der Waals surface area contributed by atoms with Crippen molar-refractivity contribution in [3.63, 3.8) is 0 Å². The number of nitrogens with zero attached hydrogens (tertiary/aromatic N) is 1. The largest absolute Gasteiger partial charge is 0.375 e. The minimum Gasteiger partial charge on any atom is -0.375 e. The molecule has 0 aliphatic carbocycles. The summed E-state index contributed by atoms with van der Waals surface area (Å²) >= 11 is 3.58. The summed E-state index contributed by atoms with van der Waals surface area (Å²) in [4.78, 5) is 4.38. The lowest BCUT2D eigenvalue weighted by Gasteiger charge is -2.36. The number of pyridine rings is 1. The normalized spacial score (nSPS) is 23.4. The molecule has 1 aromatic rings. The van der Waals surface area contributed by atoms with Gasteiger partial charge in [-0.1, -0.05) is 0 Å². The summed E-state index contributed by atoms with van der Waals surface area (Å²) in [5.74, 6) is 0.938.